The van der Waals surface area contributed by atoms with Crippen LogP contribution in [0.2, 0.25) is 4.34 Å². The number of nitrogens with zero attached hydrogens (tertiary/aromatic N) is 2. The summed E-state index contributed by atoms with van der Waals surface area (Å²) in [5, 5.41) is 2.65. The van der Waals surface area contributed by atoms with Gasteiger partial charge in [0, 0.05) is 0 Å². The number of anilines is 1. The summed E-state index contributed by atoms with van der Waals surface area (Å²) in [7, 11) is 2.89. The first-order valence-electron chi connectivity index (χ1n) is 5.15. The number of rotatable bonds is 4. The Bertz CT molecular complexity index is 603. The quantitative estimate of drug-likeness (QED) is 0.939. The zero-order valence-electron chi connectivity index (χ0n) is 10.1. The number of aromatic nitrogens is 2. The number of amides is 1. The molecule has 0 saturated carbocycles. The van der Waals surface area contributed by atoms with Crippen LogP contribution in [0.25, 0.3) is 0 Å². The van der Waals surface area contributed by atoms with Crippen molar-refractivity contribution in [3.05, 3.63) is 27.5 Å². The Balaban J connectivity index is 2.21. The lowest BCUT2D eigenvalue weighted by molar-refractivity contribution is 0.103. The molecular weight excluding hydrogens is 290 g/mol. The predicted octanol–water partition coefficient (Wildman–Crippen LogP) is 2.46. The van der Waals surface area contributed by atoms with E-state index >= 15 is 0 Å². The normalized spacial score (nSPS) is 10.1. The Labute approximate surface area is 118 Å². The van der Waals surface area contributed by atoms with Crippen molar-refractivity contribution in [3.8, 4) is 11.9 Å². The molecule has 0 unspecified atom stereocenters. The highest BCUT2D eigenvalue weighted by molar-refractivity contribution is 7.18. The molecule has 0 radical (unpaired) electrons. The van der Waals surface area contributed by atoms with E-state index in [4.69, 9.17) is 21.1 Å². The monoisotopic (exact) mass is 299 g/mol. The van der Waals surface area contributed by atoms with Crippen molar-refractivity contribution in [3.63, 3.8) is 0 Å². The summed E-state index contributed by atoms with van der Waals surface area (Å²) in [5.74, 6) is -0.0770. The van der Waals surface area contributed by atoms with Crippen molar-refractivity contribution in [2.75, 3.05) is 19.5 Å². The number of hydrogen-bond acceptors (Lipinski definition) is 6. The van der Waals surface area contributed by atoms with E-state index in [2.05, 4.69) is 15.3 Å². The lowest BCUT2D eigenvalue weighted by atomic mass is 10.4. The first kappa shape index (κ1) is 13.6. The van der Waals surface area contributed by atoms with Gasteiger partial charge >= 0.3 is 6.01 Å². The molecule has 0 atom stereocenters. The maximum Gasteiger partial charge on any atom is 0.319 e. The van der Waals surface area contributed by atoms with Gasteiger partial charge in [-0.15, -0.1) is 11.3 Å². The molecule has 6 nitrogen and oxygen atoms in total. The van der Waals surface area contributed by atoms with E-state index < -0.39 is 0 Å². The van der Waals surface area contributed by atoms with Crippen LogP contribution in [0, 0.1) is 0 Å². The number of carbonyl (C=O) groups is 1. The summed E-state index contributed by atoms with van der Waals surface area (Å²) < 4.78 is 10.5. The molecule has 0 aromatic carbocycles. The van der Waals surface area contributed by atoms with Crippen molar-refractivity contribution >= 4 is 34.5 Å². The topological polar surface area (TPSA) is 73.3 Å². The third-order valence-corrected chi connectivity index (χ3v) is 3.38. The summed E-state index contributed by atoms with van der Waals surface area (Å²) >= 11 is 6.96. The zero-order chi connectivity index (χ0) is 13.8. The average Bonchev–Trinajstić information content (AvgIpc) is 2.86. The van der Waals surface area contributed by atoms with Gasteiger partial charge in [-0.25, -0.2) is 4.98 Å². The molecule has 100 valence electrons. The van der Waals surface area contributed by atoms with E-state index in [1.54, 1.807) is 12.1 Å². The molecule has 2 rings (SSSR count). The fourth-order valence-electron chi connectivity index (χ4n) is 1.31. The van der Waals surface area contributed by atoms with Crippen LogP contribution in [0.3, 0.4) is 0 Å². The number of carbonyl (C=O) groups excluding carboxylic acids is 1. The molecule has 1 amide bonds. The molecule has 2 aromatic heterocycles. The van der Waals surface area contributed by atoms with Gasteiger partial charge in [0.05, 0.1) is 29.6 Å². The van der Waals surface area contributed by atoms with Gasteiger partial charge in [-0.3, -0.25) is 4.79 Å². The molecule has 0 bridgehead atoms. The molecule has 0 fully saturated rings. The molecule has 0 aliphatic rings. The lowest BCUT2D eigenvalue weighted by Gasteiger charge is -2.08. The minimum Gasteiger partial charge on any atom is -0.479 e. The van der Waals surface area contributed by atoms with Gasteiger partial charge in [0.15, 0.2) is 0 Å². The van der Waals surface area contributed by atoms with E-state index in [1.165, 1.54) is 31.8 Å². The second-order valence-electron chi connectivity index (χ2n) is 3.34. The fourth-order valence-corrected chi connectivity index (χ4v) is 2.25. The first-order valence-corrected chi connectivity index (χ1v) is 6.35. The molecule has 2 aromatic rings. The van der Waals surface area contributed by atoms with E-state index in [-0.39, 0.29) is 17.8 Å². The Kier molecular flexibility index (Phi) is 4.18. The number of halogens is 1. The fraction of sp³-hybridized carbons (Fsp3) is 0.182. The molecule has 0 spiro atoms. The number of hydrogen-bond donors (Lipinski definition) is 1. The third-order valence-electron chi connectivity index (χ3n) is 2.15. The Hall–Kier alpha value is -1.86. The minimum atomic E-state index is -0.302. The van der Waals surface area contributed by atoms with Crippen LogP contribution in [-0.4, -0.2) is 30.1 Å². The number of ether oxygens (including phenoxy) is 2. The van der Waals surface area contributed by atoms with E-state index in [1.807, 2.05) is 0 Å². The molecular formula is C11H10ClN3O3S. The Morgan fingerprint density at radius 2 is 2.16 bits per heavy atom. The second-order valence-corrected chi connectivity index (χ2v) is 5.05. The van der Waals surface area contributed by atoms with Gasteiger partial charge in [0.25, 0.3) is 5.91 Å². The summed E-state index contributed by atoms with van der Waals surface area (Å²) in [6.07, 6.45) is 1.41. The van der Waals surface area contributed by atoms with Gasteiger partial charge in [-0.1, -0.05) is 11.6 Å². The Morgan fingerprint density at radius 1 is 1.37 bits per heavy atom. The smallest absolute Gasteiger partial charge is 0.319 e. The van der Waals surface area contributed by atoms with Gasteiger partial charge in [0.1, 0.15) is 5.69 Å². The van der Waals surface area contributed by atoms with E-state index in [0.29, 0.717) is 14.9 Å². The van der Waals surface area contributed by atoms with Crippen molar-refractivity contribution in [2.24, 2.45) is 0 Å². The zero-order valence-corrected chi connectivity index (χ0v) is 11.7. The van der Waals surface area contributed by atoms with Crippen LogP contribution < -0.4 is 14.8 Å². The largest absolute Gasteiger partial charge is 0.479 e. The third kappa shape index (κ3) is 3.12. The average molecular weight is 300 g/mol. The number of thiophene rings is 1. The highest BCUT2D eigenvalue weighted by atomic mass is 35.5. The summed E-state index contributed by atoms with van der Waals surface area (Å²) in [5.41, 5.74) is 0.359. The van der Waals surface area contributed by atoms with Gasteiger partial charge in [0.2, 0.25) is 5.88 Å². The minimum absolute atomic E-state index is 0.161. The van der Waals surface area contributed by atoms with Crippen molar-refractivity contribution < 1.29 is 14.3 Å². The van der Waals surface area contributed by atoms with Crippen LogP contribution in [0.1, 0.15) is 9.67 Å². The Morgan fingerprint density at radius 3 is 2.74 bits per heavy atom. The van der Waals surface area contributed by atoms with E-state index in [0.717, 1.165) is 0 Å². The maximum atomic E-state index is 11.9. The predicted molar refractivity (Wildman–Crippen MR) is 72.4 cm³/mol. The summed E-state index contributed by atoms with van der Waals surface area (Å²) in [4.78, 5) is 20.3. The first-order chi connectivity index (χ1) is 9.13. The van der Waals surface area contributed by atoms with Crippen LogP contribution in [0.5, 0.6) is 11.9 Å². The van der Waals surface area contributed by atoms with Crippen molar-refractivity contribution in [1.82, 2.24) is 9.97 Å². The van der Waals surface area contributed by atoms with Gasteiger partial charge < -0.3 is 14.8 Å². The van der Waals surface area contributed by atoms with Crippen molar-refractivity contribution in [2.45, 2.75) is 0 Å². The van der Waals surface area contributed by atoms with E-state index in [9.17, 15) is 4.79 Å². The van der Waals surface area contributed by atoms with Crippen LogP contribution in [-0.2, 0) is 0 Å². The molecule has 19 heavy (non-hydrogen) atoms. The van der Waals surface area contributed by atoms with Crippen LogP contribution in [0.15, 0.2) is 18.3 Å². The molecule has 2 heterocycles. The SMILES string of the molecule is COc1ncc(NC(=O)c2ccc(Cl)s2)c(OC)n1. The van der Waals surface area contributed by atoms with Gasteiger partial charge in [-0.05, 0) is 12.1 Å². The standard InChI is InChI=1S/C11H10ClN3O3S/c1-17-10-6(5-13-11(15-10)18-2)14-9(16)7-3-4-8(12)19-7/h3-5H,1-2H3,(H,14,16). The molecule has 1 N–H and O–H groups in total. The summed E-state index contributed by atoms with van der Waals surface area (Å²) in [6, 6.07) is 3.45. The molecule has 8 heteroatoms. The molecule has 0 aliphatic heterocycles. The van der Waals surface area contributed by atoms with Crippen molar-refractivity contribution in [1.29, 1.82) is 0 Å². The van der Waals surface area contributed by atoms with Crippen LogP contribution >= 0.6 is 22.9 Å². The molecule has 0 aliphatic carbocycles. The van der Waals surface area contributed by atoms with Crippen LogP contribution in [0.4, 0.5) is 5.69 Å². The highest BCUT2D eigenvalue weighted by Crippen LogP contribution is 2.26. The highest BCUT2D eigenvalue weighted by Gasteiger charge is 2.14. The molecule has 0 saturated heterocycles. The lowest BCUT2D eigenvalue weighted by Crippen LogP contribution is -2.12. The maximum absolute atomic E-state index is 11.9. The van der Waals surface area contributed by atoms with Gasteiger partial charge in [-0.2, -0.15) is 4.98 Å². The number of methoxy groups -OCH3 is 2. The second kappa shape index (κ2) is 5.85. The summed E-state index contributed by atoms with van der Waals surface area (Å²) in [6.45, 7) is 0. The number of nitrogens with one attached hydrogen (secondary N) is 1.